The van der Waals surface area contributed by atoms with Crippen molar-refractivity contribution in [2.45, 2.75) is 37.2 Å². The Morgan fingerprint density at radius 1 is 1.03 bits per heavy atom. The van der Waals surface area contributed by atoms with E-state index in [0.717, 1.165) is 34.4 Å². The van der Waals surface area contributed by atoms with Crippen LogP contribution in [-0.4, -0.2) is 25.2 Å². The van der Waals surface area contributed by atoms with Gasteiger partial charge >= 0.3 is 0 Å². The number of amides is 1. The molecule has 7 heteroatoms. The molecule has 0 saturated carbocycles. The van der Waals surface area contributed by atoms with E-state index in [0.29, 0.717) is 13.0 Å². The molecule has 1 amide bonds. The Bertz CT molecular complexity index is 1210. The maximum absolute atomic E-state index is 13.4. The number of benzene rings is 3. The minimum Gasteiger partial charge on any atom is -0.352 e. The molecule has 1 aliphatic rings. The molecule has 0 spiro atoms. The summed E-state index contributed by atoms with van der Waals surface area (Å²) in [6, 6.07) is 19.6. The van der Waals surface area contributed by atoms with E-state index >= 15 is 0 Å². The van der Waals surface area contributed by atoms with Crippen LogP contribution >= 0.6 is 0 Å². The predicted molar refractivity (Wildman–Crippen MR) is 121 cm³/mol. The average molecular weight is 453 g/mol. The van der Waals surface area contributed by atoms with Crippen LogP contribution < -0.4 is 5.32 Å². The van der Waals surface area contributed by atoms with E-state index < -0.39 is 21.9 Å². The number of rotatable bonds is 6. The van der Waals surface area contributed by atoms with Gasteiger partial charge in [0.05, 0.1) is 10.9 Å². The molecule has 0 aromatic heterocycles. The van der Waals surface area contributed by atoms with Gasteiger partial charge in [0.1, 0.15) is 5.82 Å². The number of carbonyl (C=O) groups excluding carboxylic acids is 1. The largest absolute Gasteiger partial charge is 0.352 e. The summed E-state index contributed by atoms with van der Waals surface area (Å²) in [5, 5.41) is 2.91. The number of hydrogen-bond donors (Lipinski definition) is 1. The summed E-state index contributed by atoms with van der Waals surface area (Å²) in [6.07, 6.45) is 0.557. The summed E-state index contributed by atoms with van der Waals surface area (Å²) >= 11 is 0. The Balaban J connectivity index is 1.58. The molecular weight excluding hydrogens is 427 g/mol. The first-order valence-corrected chi connectivity index (χ1v) is 12.0. The summed E-state index contributed by atoms with van der Waals surface area (Å²) in [6.45, 7) is 2.63. The fourth-order valence-electron chi connectivity index (χ4n) is 4.02. The smallest absolute Gasteiger partial charge is 0.243 e. The van der Waals surface area contributed by atoms with Crippen LogP contribution in [0.2, 0.25) is 0 Å². The van der Waals surface area contributed by atoms with Gasteiger partial charge in [-0.2, -0.15) is 4.31 Å². The maximum Gasteiger partial charge on any atom is 0.243 e. The zero-order valence-electron chi connectivity index (χ0n) is 17.8. The van der Waals surface area contributed by atoms with Crippen molar-refractivity contribution in [1.82, 2.24) is 9.62 Å². The van der Waals surface area contributed by atoms with Gasteiger partial charge in [-0.3, -0.25) is 4.79 Å². The minimum atomic E-state index is -3.90. The normalized spacial score (nSPS) is 16.4. The number of fused-ring (bicyclic) bond motifs is 1. The third kappa shape index (κ3) is 4.74. The van der Waals surface area contributed by atoms with Gasteiger partial charge in [-0.25, -0.2) is 12.8 Å². The average Bonchev–Trinajstić information content (AvgIpc) is 2.79. The first kappa shape index (κ1) is 22.2. The lowest BCUT2D eigenvalue weighted by Gasteiger charge is -2.36. The molecule has 3 aromatic rings. The van der Waals surface area contributed by atoms with E-state index in [9.17, 15) is 17.6 Å². The van der Waals surface area contributed by atoms with Crippen LogP contribution in [0.25, 0.3) is 0 Å². The molecule has 1 atom stereocenters. The summed E-state index contributed by atoms with van der Waals surface area (Å²) in [5.74, 6) is -0.730. The number of nitrogens with one attached hydrogen (secondary N) is 1. The molecule has 0 bridgehead atoms. The Hall–Kier alpha value is -3.03. The molecule has 0 aliphatic carbocycles. The monoisotopic (exact) mass is 452 g/mol. The fraction of sp³-hybridized carbons (Fsp3) is 0.240. The van der Waals surface area contributed by atoms with Crippen LogP contribution in [0.3, 0.4) is 0 Å². The van der Waals surface area contributed by atoms with Gasteiger partial charge < -0.3 is 5.32 Å². The zero-order valence-corrected chi connectivity index (χ0v) is 18.6. The zero-order chi connectivity index (χ0) is 22.7. The van der Waals surface area contributed by atoms with Crippen LogP contribution in [0.1, 0.15) is 34.7 Å². The minimum absolute atomic E-state index is 0.00327. The van der Waals surface area contributed by atoms with Crippen molar-refractivity contribution in [3.8, 4) is 0 Å². The predicted octanol–water partition coefficient (Wildman–Crippen LogP) is 4.13. The Morgan fingerprint density at radius 2 is 1.72 bits per heavy atom. The third-order valence-electron chi connectivity index (χ3n) is 5.77. The highest BCUT2D eigenvalue weighted by molar-refractivity contribution is 7.89. The van der Waals surface area contributed by atoms with Crippen molar-refractivity contribution >= 4 is 15.9 Å². The third-order valence-corrected chi connectivity index (χ3v) is 7.69. The molecule has 1 heterocycles. The highest BCUT2D eigenvalue weighted by Crippen LogP contribution is 2.36. The maximum atomic E-state index is 13.4. The highest BCUT2D eigenvalue weighted by atomic mass is 32.2. The number of nitrogens with zero attached hydrogens (tertiary/aromatic N) is 1. The first-order chi connectivity index (χ1) is 15.3. The summed E-state index contributed by atoms with van der Waals surface area (Å²) < 4.78 is 41.5. The second-order valence-corrected chi connectivity index (χ2v) is 9.89. The van der Waals surface area contributed by atoms with Gasteiger partial charge in [-0.1, -0.05) is 54.1 Å². The topological polar surface area (TPSA) is 66.5 Å². The van der Waals surface area contributed by atoms with Crippen molar-refractivity contribution in [3.63, 3.8) is 0 Å². The van der Waals surface area contributed by atoms with Crippen molar-refractivity contribution in [2.75, 3.05) is 6.54 Å². The van der Waals surface area contributed by atoms with Crippen LogP contribution in [0.4, 0.5) is 4.39 Å². The number of aryl methyl sites for hydroxylation is 1. The summed E-state index contributed by atoms with van der Waals surface area (Å²) in [5.41, 5.74) is 3.98. The summed E-state index contributed by atoms with van der Waals surface area (Å²) in [7, 11) is -3.90. The van der Waals surface area contributed by atoms with E-state index in [-0.39, 0.29) is 23.8 Å². The molecule has 3 aromatic carbocycles. The Labute approximate surface area is 187 Å². The van der Waals surface area contributed by atoms with Gasteiger partial charge in [0.25, 0.3) is 0 Å². The first-order valence-electron chi connectivity index (χ1n) is 10.5. The van der Waals surface area contributed by atoms with E-state index in [1.165, 1.54) is 16.4 Å². The number of hydrogen-bond acceptors (Lipinski definition) is 3. The molecule has 0 fully saturated rings. The lowest BCUT2D eigenvalue weighted by molar-refractivity contribution is -0.122. The molecule has 5 nitrogen and oxygen atoms in total. The second-order valence-electron chi connectivity index (χ2n) is 8.00. The van der Waals surface area contributed by atoms with E-state index in [1.54, 1.807) is 0 Å². The lowest BCUT2D eigenvalue weighted by Crippen LogP contribution is -2.42. The lowest BCUT2D eigenvalue weighted by atomic mass is 9.92. The molecule has 0 saturated heterocycles. The molecule has 0 radical (unpaired) electrons. The van der Waals surface area contributed by atoms with Crippen molar-refractivity contribution in [1.29, 1.82) is 0 Å². The second kappa shape index (κ2) is 9.22. The molecule has 1 unspecified atom stereocenters. The van der Waals surface area contributed by atoms with Crippen LogP contribution in [-0.2, 0) is 27.8 Å². The van der Waals surface area contributed by atoms with E-state index in [4.69, 9.17) is 0 Å². The van der Waals surface area contributed by atoms with Crippen molar-refractivity contribution in [3.05, 3.63) is 101 Å². The van der Waals surface area contributed by atoms with Gasteiger partial charge in [0, 0.05) is 19.5 Å². The molecular formula is C25H25FN2O3S. The Morgan fingerprint density at radius 3 is 2.44 bits per heavy atom. The molecule has 166 valence electrons. The van der Waals surface area contributed by atoms with Crippen LogP contribution in [0.5, 0.6) is 0 Å². The molecule has 32 heavy (non-hydrogen) atoms. The van der Waals surface area contributed by atoms with E-state index in [1.807, 2.05) is 55.5 Å². The highest BCUT2D eigenvalue weighted by Gasteiger charge is 2.37. The van der Waals surface area contributed by atoms with Gasteiger partial charge in [-0.05, 0) is 54.3 Å². The van der Waals surface area contributed by atoms with Crippen LogP contribution in [0, 0.1) is 12.7 Å². The Kier molecular flexibility index (Phi) is 6.39. The number of halogens is 1. The van der Waals surface area contributed by atoms with E-state index in [2.05, 4.69) is 5.32 Å². The fourth-order valence-corrected chi connectivity index (χ4v) is 5.63. The summed E-state index contributed by atoms with van der Waals surface area (Å²) in [4.78, 5) is 12.8. The standard InChI is InChI=1S/C25H25FN2O3S/c1-18-6-8-19(9-7-18)17-27-25(29)16-24-23-5-3-2-4-20(23)14-15-28(24)32(30,31)22-12-10-21(26)11-13-22/h2-13,24H,14-17H2,1H3,(H,27,29). The SMILES string of the molecule is Cc1ccc(CNC(=O)CC2c3ccccc3CCN2S(=O)(=O)c2ccc(F)cc2)cc1. The number of carbonyl (C=O) groups is 1. The molecule has 1 aliphatic heterocycles. The van der Waals surface area contributed by atoms with Gasteiger partial charge in [0.2, 0.25) is 15.9 Å². The van der Waals surface area contributed by atoms with Crippen LogP contribution in [0.15, 0.2) is 77.7 Å². The quantitative estimate of drug-likeness (QED) is 0.612. The molecule has 1 N–H and O–H groups in total. The molecule has 4 rings (SSSR count). The van der Waals surface area contributed by atoms with Gasteiger partial charge in [-0.15, -0.1) is 0 Å². The van der Waals surface area contributed by atoms with Gasteiger partial charge in [0.15, 0.2) is 0 Å². The number of sulfonamides is 1. The van der Waals surface area contributed by atoms with Crippen molar-refractivity contribution in [2.24, 2.45) is 0 Å². The van der Waals surface area contributed by atoms with Crippen molar-refractivity contribution < 1.29 is 17.6 Å².